The zero-order valence-electron chi connectivity index (χ0n) is 10.5. The second-order valence-electron chi connectivity index (χ2n) is 4.21. The minimum absolute atomic E-state index is 0.0520. The first kappa shape index (κ1) is 14.0. The van der Waals surface area contributed by atoms with Gasteiger partial charge < -0.3 is 5.11 Å². The molecule has 0 aliphatic carbocycles. The summed E-state index contributed by atoms with van der Waals surface area (Å²) in [6.45, 7) is 1.99. The van der Waals surface area contributed by atoms with Gasteiger partial charge in [0.05, 0.1) is 17.1 Å². The normalized spacial score (nSPS) is 10.6. The van der Waals surface area contributed by atoms with Gasteiger partial charge in [0.1, 0.15) is 0 Å². The molecule has 0 saturated heterocycles. The molecule has 19 heavy (non-hydrogen) atoms. The molecule has 0 fully saturated rings. The molecule has 1 N–H and O–H groups in total. The van der Waals surface area contributed by atoms with Crippen molar-refractivity contribution in [3.05, 3.63) is 50.4 Å². The molecule has 0 radical (unpaired) electrons. The van der Waals surface area contributed by atoms with Crippen LogP contribution in [-0.2, 0) is 24.1 Å². The minimum Gasteiger partial charge on any atom is -0.481 e. The fourth-order valence-corrected chi connectivity index (χ4v) is 3.28. The highest BCUT2D eigenvalue weighted by atomic mass is 35.5. The summed E-state index contributed by atoms with van der Waals surface area (Å²) in [7, 11) is 0. The van der Waals surface area contributed by atoms with E-state index in [0.29, 0.717) is 11.4 Å². The van der Waals surface area contributed by atoms with Gasteiger partial charge in [-0.25, -0.2) is 4.98 Å². The topological polar surface area (TPSA) is 50.2 Å². The van der Waals surface area contributed by atoms with Gasteiger partial charge in [-0.15, -0.1) is 11.3 Å². The molecule has 0 saturated carbocycles. The number of carboxylic acid groups (broad SMARTS) is 1. The van der Waals surface area contributed by atoms with Crippen LogP contribution in [0, 0.1) is 0 Å². The molecule has 1 aromatic carbocycles. The molecule has 0 bridgehead atoms. The van der Waals surface area contributed by atoms with E-state index in [9.17, 15) is 4.79 Å². The highest BCUT2D eigenvalue weighted by molar-refractivity contribution is 7.11. The first-order valence-electron chi connectivity index (χ1n) is 6.02. The van der Waals surface area contributed by atoms with Crippen LogP contribution in [0.4, 0.5) is 0 Å². The van der Waals surface area contributed by atoms with Crippen molar-refractivity contribution in [3.8, 4) is 0 Å². The van der Waals surface area contributed by atoms with Crippen LogP contribution in [0.25, 0.3) is 0 Å². The van der Waals surface area contributed by atoms with Crippen LogP contribution in [0.5, 0.6) is 0 Å². The predicted molar refractivity (Wildman–Crippen MR) is 77.1 cm³/mol. The maximum absolute atomic E-state index is 10.8. The van der Waals surface area contributed by atoms with E-state index in [-0.39, 0.29) is 6.42 Å². The van der Waals surface area contributed by atoms with Crippen LogP contribution in [0.3, 0.4) is 0 Å². The number of aliphatic carboxylic acids is 1. The quantitative estimate of drug-likeness (QED) is 0.917. The van der Waals surface area contributed by atoms with Crippen molar-refractivity contribution >= 4 is 28.9 Å². The van der Waals surface area contributed by atoms with Gasteiger partial charge in [-0.05, 0) is 24.1 Å². The maximum atomic E-state index is 10.8. The number of halogens is 1. The van der Waals surface area contributed by atoms with Gasteiger partial charge in [0.25, 0.3) is 0 Å². The molecule has 0 aliphatic heterocycles. The second-order valence-corrected chi connectivity index (χ2v) is 5.81. The lowest BCUT2D eigenvalue weighted by molar-refractivity contribution is -0.136. The molecule has 100 valence electrons. The molecule has 0 unspecified atom stereocenters. The van der Waals surface area contributed by atoms with E-state index in [0.717, 1.165) is 27.6 Å². The number of thiazole rings is 1. The molecular weight excluding hydrogens is 282 g/mol. The summed E-state index contributed by atoms with van der Waals surface area (Å²) in [4.78, 5) is 16.2. The largest absolute Gasteiger partial charge is 0.481 e. The SMILES string of the molecule is CCc1nc(Cc2cccc(Cl)c2)sc1CC(=O)O. The van der Waals surface area contributed by atoms with Crippen molar-refractivity contribution in [1.29, 1.82) is 0 Å². The van der Waals surface area contributed by atoms with Gasteiger partial charge in [-0.3, -0.25) is 4.79 Å². The summed E-state index contributed by atoms with van der Waals surface area (Å²) in [6.07, 6.45) is 1.50. The molecule has 2 aromatic rings. The summed E-state index contributed by atoms with van der Waals surface area (Å²) in [5.41, 5.74) is 1.98. The highest BCUT2D eigenvalue weighted by Gasteiger charge is 2.13. The first-order chi connectivity index (χ1) is 9.08. The molecule has 5 heteroatoms. The highest BCUT2D eigenvalue weighted by Crippen LogP contribution is 2.23. The second kappa shape index (κ2) is 6.17. The molecular formula is C14H14ClNO2S. The fourth-order valence-electron chi connectivity index (χ4n) is 1.89. The Morgan fingerprint density at radius 3 is 2.89 bits per heavy atom. The first-order valence-corrected chi connectivity index (χ1v) is 7.21. The number of carbonyl (C=O) groups is 1. The third-order valence-electron chi connectivity index (χ3n) is 2.71. The Kier molecular flexibility index (Phi) is 4.56. The average Bonchev–Trinajstić information content (AvgIpc) is 2.70. The minimum atomic E-state index is -0.812. The van der Waals surface area contributed by atoms with Crippen molar-refractivity contribution in [1.82, 2.24) is 4.98 Å². The van der Waals surface area contributed by atoms with E-state index >= 15 is 0 Å². The smallest absolute Gasteiger partial charge is 0.308 e. The number of hydrogen-bond acceptors (Lipinski definition) is 3. The van der Waals surface area contributed by atoms with Crippen LogP contribution in [0.1, 0.15) is 28.1 Å². The van der Waals surface area contributed by atoms with Crippen molar-refractivity contribution in [2.24, 2.45) is 0 Å². The van der Waals surface area contributed by atoms with Crippen LogP contribution < -0.4 is 0 Å². The van der Waals surface area contributed by atoms with Crippen LogP contribution >= 0.6 is 22.9 Å². The van der Waals surface area contributed by atoms with Crippen molar-refractivity contribution in [2.75, 3.05) is 0 Å². The molecule has 2 rings (SSSR count). The standard InChI is InChI=1S/C14H14ClNO2S/c1-2-11-12(8-14(17)18)19-13(16-11)7-9-4-3-5-10(15)6-9/h3-6H,2,7-8H2,1H3,(H,17,18). The lowest BCUT2D eigenvalue weighted by Crippen LogP contribution is -2.00. The average molecular weight is 296 g/mol. The van der Waals surface area contributed by atoms with Gasteiger partial charge in [0.2, 0.25) is 0 Å². The number of aryl methyl sites for hydroxylation is 1. The molecule has 0 amide bonds. The Morgan fingerprint density at radius 2 is 2.26 bits per heavy atom. The maximum Gasteiger partial charge on any atom is 0.308 e. The van der Waals surface area contributed by atoms with Crippen molar-refractivity contribution in [2.45, 2.75) is 26.2 Å². The molecule has 1 heterocycles. The summed E-state index contributed by atoms with van der Waals surface area (Å²) in [5, 5.41) is 10.5. The van der Waals surface area contributed by atoms with E-state index in [2.05, 4.69) is 4.98 Å². The van der Waals surface area contributed by atoms with E-state index in [1.165, 1.54) is 11.3 Å². The van der Waals surface area contributed by atoms with E-state index in [1.807, 2.05) is 31.2 Å². The Morgan fingerprint density at radius 1 is 1.47 bits per heavy atom. The lowest BCUT2D eigenvalue weighted by atomic mass is 10.1. The Hall–Kier alpha value is -1.39. The van der Waals surface area contributed by atoms with Crippen molar-refractivity contribution < 1.29 is 9.90 Å². The Bertz CT molecular complexity index is 595. The van der Waals surface area contributed by atoms with Gasteiger partial charge in [0, 0.05) is 16.3 Å². The van der Waals surface area contributed by atoms with Gasteiger partial charge in [-0.2, -0.15) is 0 Å². The monoisotopic (exact) mass is 295 g/mol. The van der Waals surface area contributed by atoms with Crippen LogP contribution in [-0.4, -0.2) is 16.1 Å². The zero-order valence-corrected chi connectivity index (χ0v) is 12.1. The molecule has 0 spiro atoms. The third-order valence-corrected chi connectivity index (χ3v) is 4.05. The van der Waals surface area contributed by atoms with Crippen LogP contribution in [0.15, 0.2) is 24.3 Å². The summed E-state index contributed by atoms with van der Waals surface area (Å²) < 4.78 is 0. The number of carboxylic acids is 1. The van der Waals surface area contributed by atoms with E-state index in [4.69, 9.17) is 16.7 Å². The molecule has 0 aliphatic rings. The summed E-state index contributed by atoms with van der Waals surface area (Å²) in [6, 6.07) is 7.64. The third kappa shape index (κ3) is 3.78. The lowest BCUT2D eigenvalue weighted by Gasteiger charge is -1.98. The fraction of sp³-hybridized carbons (Fsp3) is 0.286. The van der Waals surface area contributed by atoms with Crippen molar-refractivity contribution in [3.63, 3.8) is 0 Å². The van der Waals surface area contributed by atoms with E-state index < -0.39 is 5.97 Å². The number of hydrogen-bond donors (Lipinski definition) is 1. The number of rotatable bonds is 5. The van der Waals surface area contributed by atoms with Crippen LogP contribution in [0.2, 0.25) is 5.02 Å². The van der Waals surface area contributed by atoms with Gasteiger partial charge in [0.15, 0.2) is 0 Å². The number of aromatic nitrogens is 1. The molecule has 0 atom stereocenters. The molecule has 1 aromatic heterocycles. The summed E-state index contributed by atoms with van der Waals surface area (Å²) in [5.74, 6) is -0.812. The van der Waals surface area contributed by atoms with Gasteiger partial charge in [-0.1, -0.05) is 30.7 Å². The Balaban J connectivity index is 2.21. The van der Waals surface area contributed by atoms with E-state index in [1.54, 1.807) is 0 Å². The number of benzene rings is 1. The zero-order chi connectivity index (χ0) is 13.8. The van der Waals surface area contributed by atoms with Gasteiger partial charge >= 0.3 is 5.97 Å². The Labute approximate surface area is 120 Å². The predicted octanol–water partition coefficient (Wildman–Crippen LogP) is 3.58. The number of nitrogens with zero attached hydrogens (tertiary/aromatic N) is 1. The summed E-state index contributed by atoms with van der Waals surface area (Å²) >= 11 is 7.43. The molecule has 3 nitrogen and oxygen atoms in total.